The summed E-state index contributed by atoms with van der Waals surface area (Å²) in [5.74, 6) is -0.229. The minimum absolute atomic E-state index is 0.0173. The summed E-state index contributed by atoms with van der Waals surface area (Å²) >= 11 is 1.28. The zero-order valence-electron chi connectivity index (χ0n) is 10.4. The monoisotopic (exact) mass is 285 g/mol. The first-order valence-corrected chi connectivity index (χ1v) is 6.80. The van der Waals surface area contributed by atoms with E-state index in [0.29, 0.717) is 10.6 Å². The molecule has 20 heavy (non-hydrogen) atoms. The number of hydrogen-bond acceptors (Lipinski definition) is 4. The van der Waals surface area contributed by atoms with E-state index in [1.54, 1.807) is 29.6 Å². The molecule has 5 nitrogen and oxygen atoms in total. The third kappa shape index (κ3) is 1.96. The highest BCUT2D eigenvalue weighted by Crippen LogP contribution is 2.19. The number of nitrogens with zero attached hydrogens (tertiary/aromatic N) is 1. The smallest absolute Gasteiger partial charge is 0.277 e. The van der Waals surface area contributed by atoms with Gasteiger partial charge in [0.15, 0.2) is 0 Å². The van der Waals surface area contributed by atoms with Crippen LogP contribution in [0.5, 0.6) is 0 Å². The molecule has 2 heterocycles. The molecule has 6 heteroatoms. The number of aromatic nitrogens is 2. The van der Waals surface area contributed by atoms with Crippen LogP contribution in [-0.2, 0) is 0 Å². The van der Waals surface area contributed by atoms with Gasteiger partial charge in [0.05, 0.1) is 10.6 Å². The van der Waals surface area contributed by atoms with Crippen molar-refractivity contribution in [2.45, 2.75) is 0 Å². The molecule has 0 bridgehead atoms. The molecule has 3 rings (SSSR count). The highest BCUT2D eigenvalue weighted by molar-refractivity contribution is 7.12. The molecule has 0 atom stereocenters. The predicted octanol–water partition coefficient (Wildman–Crippen LogP) is 2.04. The number of hydrogen-bond donors (Lipinski definition) is 2. The summed E-state index contributed by atoms with van der Waals surface area (Å²) in [5.41, 5.74) is 6.16. The average Bonchev–Trinajstić information content (AvgIpc) is 3.08. The van der Waals surface area contributed by atoms with Crippen molar-refractivity contribution in [1.82, 2.24) is 9.78 Å². The van der Waals surface area contributed by atoms with Crippen LogP contribution in [0.3, 0.4) is 0 Å². The Morgan fingerprint density at radius 2 is 1.90 bits per heavy atom. The Labute approximate surface area is 118 Å². The van der Waals surface area contributed by atoms with Crippen molar-refractivity contribution in [3.05, 3.63) is 68.6 Å². The Morgan fingerprint density at radius 1 is 1.15 bits per heavy atom. The maximum Gasteiger partial charge on any atom is 0.277 e. The molecule has 0 saturated carbocycles. The van der Waals surface area contributed by atoms with E-state index < -0.39 is 5.56 Å². The number of nitrogens with one attached hydrogen (secondary N) is 1. The van der Waals surface area contributed by atoms with E-state index >= 15 is 0 Å². The molecule has 0 fully saturated rings. The average molecular weight is 285 g/mol. The number of benzene rings is 1. The van der Waals surface area contributed by atoms with Gasteiger partial charge in [-0.05, 0) is 23.6 Å². The summed E-state index contributed by atoms with van der Waals surface area (Å²) in [5, 5.41) is 4.38. The second-order valence-electron chi connectivity index (χ2n) is 4.18. The van der Waals surface area contributed by atoms with Gasteiger partial charge >= 0.3 is 0 Å². The van der Waals surface area contributed by atoms with Gasteiger partial charge in [0.1, 0.15) is 11.4 Å². The van der Waals surface area contributed by atoms with Crippen molar-refractivity contribution in [2.24, 2.45) is 0 Å². The number of nitrogen functional groups attached to an aromatic ring is 1. The van der Waals surface area contributed by atoms with E-state index in [1.807, 2.05) is 18.2 Å². The number of ketones is 1. The quantitative estimate of drug-likeness (QED) is 0.723. The molecular formula is C14H11N3O2S. The third-order valence-electron chi connectivity index (χ3n) is 2.92. The first-order chi connectivity index (χ1) is 9.68. The largest absolute Gasteiger partial charge is 0.383 e. The second-order valence-corrected chi connectivity index (χ2v) is 5.13. The summed E-state index contributed by atoms with van der Waals surface area (Å²) in [7, 11) is 0. The van der Waals surface area contributed by atoms with Gasteiger partial charge in [-0.2, -0.15) is 0 Å². The van der Waals surface area contributed by atoms with Gasteiger partial charge in [0, 0.05) is 0 Å². The van der Waals surface area contributed by atoms with Crippen molar-refractivity contribution in [2.75, 3.05) is 5.73 Å². The SMILES string of the molecule is Nc1c(C(=O)c2cccs2)c(=O)[nH]n1-c1ccccc1. The minimum atomic E-state index is -0.482. The second kappa shape index (κ2) is 4.82. The molecule has 1 aromatic carbocycles. The molecule has 0 aliphatic carbocycles. The molecule has 0 aliphatic rings. The predicted molar refractivity (Wildman–Crippen MR) is 78.6 cm³/mol. The molecule has 0 aliphatic heterocycles. The summed E-state index contributed by atoms with van der Waals surface area (Å²) in [6, 6.07) is 12.5. The lowest BCUT2D eigenvalue weighted by Gasteiger charge is -2.04. The van der Waals surface area contributed by atoms with Crippen LogP contribution < -0.4 is 11.3 Å². The van der Waals surface area contributed by atoms with Gasteiger partial charge in [0.2, 0.25) is 5.78 Å². The van der Waals surface area contributed by atoms with Crippen molar-refractivity contribution < 1.29 is 4.79 Å². The number of carbonyl (C=O) groups is 1. The highest BCUT2D eigenvalue weighted by Gasteiger charge is 2.22. The van der Waals surface area contributed by atoms with Gasteiger partial charge in [-0.1, -0.05) is 24.3 Å². The van der Waals surface area contributed by atoms with Gasteiger partial charge in [-0.3, -0.25) is 14.7 Å². The van der Waals surface area contributed by atoms with Gasteiger partial charge in [-0.15, -0.1) is 11.3 Å². The lowest BCUT2D eigenvalue weighted by Crippen LogP contribution is -2.13. The summed E-state index contributed by atoms with van der Waals surface area (Å²) in [6.45, 7) is 0. The number of nitrogens with two attached hydrogens (primary N) is 1. The maximum absolute atomic E-state index is 12.3. The standard InChI is InChI=1S/C14H11N3O2S/c15-13-11(12(18)10-7-4-8-20-10)14(19)16-17(13)9-5-2-1-3-6-9/h1-8H,15H2,(H,16,19). The number of rotatable bonds is 3. The summed E-state index contributed by atoms with van der Waals surface area (Å²) in [6.07, 6.45) is 0. The number of anilines is 1. The first kappa shape index (κ1) is 12.4. The fraction of sp³-hybridized carbons (Fsp3) is 0. The van der Waals surface area contributed by atoms with Crippen LogP contribution >= 0.6 is 11.3 Å². The van der Waals surface area contributed by atoms with Gasteiger partial charge < -0.3 is 5.73 Å². The van der Waals surface area contributed by atoms with Crippen LogP contribution in [0.15, 0.2) is 52.6 Å². The number of thiophene rings is 1. The van der Waals surface area contributed by atoms with E-state index in [0.717, 1.165) is 0 Å². The lowest BCUT2D eigenvalue weighted by atomic mass is 10.2. The molecule has 100 valence electrons. The zero-order chi connectivity index (χ0) is 14.1. The van der Waals surface area contributed by atoms with Crippen molar-refractivity contribution in [3.63, 3.8) is 0 Å². The molecule has 0 spiro atoms. The van der Waals surface area contributed by atoms with Crippen molar-refractivity contribution >= 4 is 22.9 Å². The Bertz CT molecular complexity index is 801. The van der Waals surface area contributed by atoms with Crippen LogP contribution in [0, 0.1) is 0 Å². The van der Waals surface area contributed by atoms with Crippen LogP contribution in [0.4, 0.5) is 5.82 Å². The minimum Gasteiger partial charge on any atom is -0.383 e. The fourth-order valence-electron chi connectivity index (χ4n) is 1.98. The Morgan fingerprint density at radius 3 is 2.55 bits per heavy atom. The molecule has 0 amide bonds. The van der Waals surface area contributed by atoms with E-state index in [4.69, 9.17) is 5.73 Å². The highest BCUT2D eigenvalue weighted by atomic mass is 32.1. The molecule has 0 saturated heterocycles. The summed E-state index contributed by atoms with van der Waals surface area (Å²) in [4.78, 5) is 24.8. The molecule has 3 aromatic rings. The van der Waals surface area contributed by atoms with Gasteiger partial charge in [-0.25, -0.2) is 4.68 Å². The lowest BCUT2D eigenvalue weighted by molar-refractivity contribution is 0.104. The number of carbonyl (C=O) groups excluding carboxylic acids is 1. The van der Waals surface area contributed by atoms with Crippen LogP contribution in [0.1, 0.15) is 15.2 Å². The Hall–Kier alpha value is -2.60. The topological polar surface area (TPSA) is 80.9 Å². The Kier molecular flexibility index (Phi) is 3.00. The normalized spacial score (nSPS) is 10.6. The van der Waals surface area contributed by atoms with E-state index in [9.17, 15) is 9.59 Å². The van der Waals surface area contributed by atoms with Crippen molar-refractivity contribution in [1.29, 1.82) is 0 Å². The summed E-state index contributed by atoms with van der Waals surface area (Å²) < 4.78 is 1.42. The van der Waals surface area contributed by atoms with E-state index in [1.165, 1.54) is 16.0 Å². The molecule has 0 radical (unpaired) electrons. The van der Waals surface area contributed by atoms with E-state index in [-0.39, 0.29) is 17.2 Å². The molecule has 3 N–H and O–H groups in total. The third-order valence-corrected chi connectivity index (χ3v) is 3.79. The first-order valence-electron chi connectivity index (χ1n) is 5.92. The van der Waals surface area contributed by atoms with Gasteiger partial charge in [0.25, 0.3) is 5.56 Å². The molecule has 2 aromatic heterocycles. The van der Waals surface area contributed by atoms with E-state index in [2.05, 4.69) is 5.10 Å². The van der Waals surface area contributed by atoms with Crippen LogP contribution in [0.25, 0.3) is 5.69 Å². The zero-order valence-corrected chi connectivity index (χ0v) is 11.2. The van der Waals surface area contributed by atoms with Crippen LogP contribution in [0.2, 0.25) is 0 Å². The number of para-hydroxylation sites is 1. The number of H-pyrrole nitrogens is 1. The number of aromatic amines is 1. The molecule has 0 unspecified atom stereocenters. The Balaban J connectivity index is 2.13. The molecular weight excluding hydrogens is 274 g/mol. The van der Waals surface area contributed by atoms with Crippen molar-refractivity contribution in [3.8, 4) is 5.69 Å². The maximum atomic E-state index is 12.3. The fourth-order valence-corrected chi connectivity index (χ4v) is 2.65. The van der Waals surface area contributed by atoms with Crippen LogP contribution in [-0.4, -0.2) is 15.6 Å².